The van der Waals surface area contributed by atoms with Gasteiger partial charge >= 0.3 is 5.97 Å². The molecule has 5 nitrogen and oxygen atoms in total. The number of hydrogen-bond acceptors (Lipinski definition) is 3. The molecule has 3 rings (SSSR count). The van der Waals surface area contributed by atoms with Gasteiger partial charge in [-0.15, -0.1) is 0 Å². The summed E-state index contributed by atoms with van der Waals surface area (Å²) in [6, 6.07) is 0.321. The van der Waals surface area contributed by atoms with Crippen LogP contribution in [0.2, 0.25) is 0 Å². The minimum Gasteiger partial charge on any atom is -0.477 e. The first-order chi connectivity index (χ1) is 7.66. The fourth-order valence-corrected chi connectivity index (χ4v) is 2.51. The molecule has 16 heavy (non-hydrogen) atoms. The minimum atomic E-state index is -0.837. The van der Waals surface area contributed by atoms with E-state index in [9.17, 15) is 9.90 Å². The second-order valence-electron chi connectivity index (χ2n) is 4.78. The Bertz CT molecular complexity index is 448. The first kappa shape index (κ1) is 9.84. The highest BCUT2D eigenvalue weighted by atomic mass is 16.4. The molecule has 1 aromatic heterocycles. The number of hydrogen-bond donors (Lipinski definition) is 1. The third kappa shape index (κ3) is 1.28. The van der Waals surface area contributed by atoms with E-state index in [4.69, 9.17) is 0 Å². The molecular formula is C11H15N3O2. The summed E-state index contributed by atoms with van der Waals surface area (Å²) in [5.74, 6) is -0.837. The summed E-state index contributed by atoms with van der Waals surface area (Å²) in [5, 5.41) is 13.8. The Morgan fingerprint density at radius 2 is 2.19 bits per heavy atom. The zero-order valence-corrected chi connectivity index (χ0v) is 9.31. The van der Waals surface area contributed by atoms with E-state index < -0.39 is 5.97 Å². The molecule has 86 valence electrons. The summed E-state index contributed by atoms with van der Waals surface area (Å²) in [7, 11) is 1.99. The van der Waals surface area contributed by atoms with E-state index >= 15 is 0 Å². The van der Waals surface area contributed by atoms with Crippen molar-refractivity contribution >= 4 is 5.97 Å². The lowest BCUT2D eigenvalue weighted by molar-refractivity contribution is 0.0672. The van der Waals surface area contributed by atoms with Gasteiger partial charge < -0.3 is 5.11 Å². The van der Waals surface area contributed by atoms with Crippen molar-refractivity contribution in [3.63, 3.8) is 0 Å². The molecule has 0 amide bonds. The maximum Gasteiger partial charge on any atom is 0.354 e. The van der Waals surface area contributed by atoms with Crippen LogP contribution in [0.4, 0.5) is 0 Å². The van der Waals surface area contributed by atoms with Crippen LogP contribution in [0.15, 0.2) is 0 Å². The number of fused-ring (bicyclic) bond motifs is 1. The summed E-state index contributed by atoms with van der Waals surface area (Å²) in [5.41, 5.74) is 2.29. The molecule has 0 aromatic carbocycles. The highest BCUT2D eigenvalue weighted by Gasteiger charge is 2.33. The predicted molar refractivity (Wildman–Crippen MR) is 57.2 cm³/mol. The Morgan fingerprint density at radius 3 is 2.75 bits per heavy atom. The lowest BCUT2D eigenvalue weighted by atomic mass is 9.93. The van der Waals surface area contributed by atoms with Crippen LogP contribution in [0.1, 0.15) is 47.1 Å². The van der Waals surface area contributed by atoms with E-state index in [2.05, 4.69) is 10.00 Å². The quantitative estimate of drug-likeness (QED) is 0.816. The Hall–Kier alpha value is -1.36. The third-order valence-electron chi connectivity index (χ3n) is 3.56. The Morgan fingerprint density at radius 1 is 1.44 bits per heavy atom. The molecule has 0 spiro atoms. The number of nitrogens with zero attached hydrogens (tertiary/aromatic N) is 3. The van der Waals surface area contributed by atoms with Crippen LogP contribution in [-0.2, 0) is 13.1 Å². The summed E-state index contributed by atoms with van der Waals surface area (Å²) < 4.78 is 1.75. The Balaban J connectivity index is 2.06. The first-order valence-corrected chi connectivity index (χ1v) is 5.69. The van der Waals surface area contributed by atoms with E-state index in [0.717, 1.165) is 30.6 Å². The average molecular weight is 221 g/mol. The summed E-state index contributed by atoms with van der Waals surface area (Å²) in [6.07, 6.45) is 3.32. The van der Waals surface area contributed by atoms with Crippen molar-refractivity contribution in [2.45, 2.75) is 38.4 Å². The van der Waals surface area contributed by atoms with Gasteiger partial charge in [-0.1, -0.05) is 0 Å². The van der Waals surface area contributed by atoms with E-state index in [0.29, 0.717) is 18.3 Å². The summed E-state index contributed by atoms with van der Waals surface area (Å²) >= 11 is 0. The standard InChI is InChI=1S/C11H15N3O2/c1-13-5-8-9(6-13)12-14(7-3-2-4-7)10(8)11(15)16/h7H,2-6H2,1H3,(H,15,16). The smallest absolute Gasteiger partial charge is 0.354 e. The Kier molecular flexibility index (Phi) is 2.04. The molecule has 1 saturated carbocycles. The first-order valence-electron chi connectivity index (χ1n) is 5.69. The molecule has 5 heteroatoms. The summed E-state index contributed by atoms with van der Waals surface area (Å²) in [4.78, 5) is 13.4. The maximum absolute atomic E-state index is 11.3. The van der Waals surface area contributed by atoms with Crippen LogP contribution in [0.25, 0.3) is 0 Å². The fourth-order valence-electron chi connectivity index (χ4n) is 2.51. The molecule has 1 N–H and O–H groups in total. The van der Waals surface area contributed by atoms with Crippen molar-refractivity contribution in [3.05, 3.63) is 17.0 Å². The van der Waals surface area contributed by atoms with Gasteiger partial charge in [-0.05, 0) is 26.3 Å². The van der Waals surface area contributed by atoms with Gasteiger partial charge in [0.15, 0.2) is 5.69 Å². The van der Waals surface area contributed by atoms with E-state index in [-0.39, 0.29) is 0 Å². The fraction of sp³-hybridized carbons (Fsp3) is 0.636. The van der Waals surface area contributed by atoms with E-state index in [1.54, 1.807) is 4.68 Å². The molecule has 0 unspecified atom stereocenters. The number of rotatable bonds is 2. The minimum absolute atomic E-state index is 0.321. The van der Waals surface area contributed by atoms with Gasteiger partial charge in [-0.2, -0.15) is 5.10 Å². The van der Waals surface area contributed by atoms with Crippen LogP contribution in [-0.4, -0.2) is 32.8 Å². The molecule has 1 fully saturated rings. The van der Waals surface area contributed by atoms with E-state index in [1.165, 1.54) is 6.42 Å². The second kappa shape index (κ2) is 3.31. The van der Waals surface area contributed by atoms with Crippen molar-refractivity contribution in [3.8, 4) is 0 Å². The lowest BCUT2D eigenvalue weighted by Crippen LogP contribution is -2.24. The highest BCUT2D eigenvalue weighted by Crippen LogP contribution is 2.35. The summed E-state index contributed by atoms with van der Waals surface area (Å²) in [6.45, 7) is 1.49. The lowest BCUT2D eigenvalue weighted by Gasteiger charge is -2.27. The van der Waals surface area contributed by atoms with Crippen LogP contribution in [0, 0.1) is 0 Å². The van der Waals surface area contributed by atoms with Crippen LogP contribution in [0.3, 0.4) is 0 Å². The van der Waals surface area contributed by atoms with Crippen LogP contribution < -0.4 is 0 Å². The molecule has 0 saturated heterocycles. The molecule has 1 aromatic rings. The number of aromatic carboxylic acids is 1. The molecule has 1 aliphatic carbocycles. The van der Waals surface area contributed by atoms with Gasteiger partial charge in [0.1, 0.15) is 0 Å². The SMILES string of the molecule is CN1Cc2nn(C3CCC3)c(C(=O)O)c2C1. The van der Waals surface area contributed by atoms with Crippen molar-refractivity contribution in [2.75, 3.05) is 7.05 Å². The number of carboxylic acid groups (broad SMARTS) is 1. The third-order valence-corrected chi connectivity index (χ3v) is 3.56. The Labute approximate surface area is 93.7 Å². The van der Waals surface area contributed by atoms with Crippen LogP contribution >= 0.6 is 0 Å². The highest BCUT2D eigenvalue weighted by molar-refractivity contribution is 5.88. The number of carboxylic acids is 1. The normalized spacial score (nSPS) is 20.8. The average Bonchev–Trinajstić information content (AvgIpc) is 2.55. The van der Waals surface area contributed by atoms with Gasteiger partial charge in [-0.25, -0.2) is 4.79 Å². The monoisotopic (exact) mass is 221 g/mol. The molecular weight excluding hydrogens is 206 g/mol. The predicted octanol–water partition coefficient (Wildman–Crippen LogP) is 1.25. The van der Waals surface area contributed by atoms with Crippen molar-refractivity contribution in [1.29, 1.82) is 0 Å². The second-order valence-corrected chi connectivity index (χ2v) is 4.78. The van der Waals surface area contributed by atoms with Crippen molar-refractivity contribution in [1.82, 2.24) is 14.7 Å². The van der Waals surface area contributed by atoms with E-state index in [1.807, 2.05) is 7.05 Å². The van der Waals surface area contributed by atoms with Gasteiger partial charge in [0.2, 0.25) is 0 Å². The van der Waals surface area contributed by atoms with Gasteiger partial charge in [0, 0.05) is 18.7 Å². The van der Waals surface area contributed by atoms with Crippen molar-refractivity contribution < 1.29 is 9.90 Å². The molecule has 0 atom stereocenters. The largest absolute Gasteiger partial charge is 0.477 e. The molecule has 2 aliphatic rings. The zero-order chi connectivity index (χ0) is 11.3. The van der Waals surface area contributed by atoms with Crippen molar-refractivity contribution in [2.24, 2.45) is 0 Å². The molecule has 0 bridgehead atoms. The zero-order valence-electron chi connectivity index (χ0n) is 9.31. The van der Waals surface area contributed by atoms with Gasteiger partial charge in [-0.3, -0.25) is 9.58 Å². The maximum atomic E-state index is 11.3. The molecule has 2 heterocycles. The topological polar surface area (TPSA) is 58.4 Å². The molecule has 1 aliphatic heterocycles. The number of carbonyl (C=O) groups is 1. The van der Waals surface area contributed by atoms with Gasteiger partial charge in [0.05, 0.1) is 11.7 Å². The molecule has 0 radical (unpaired) electrons. The number of aromatic nitrogens is 2. The van der Waals surface area contributed by atoms with Crippen LogP contribution in [0.5, 0.6) is 0 Å². The van der Waals surface area contributed by atoms with Gasteiger partial charge in [0.25, 0.3) is 0 Å².